The molecule has 1 saturated carbocycles. The first kappa shape index (κ1) is 20.0. The lowest BCUT2D eigenvalue weighted by Gasteiger charge is -2.44. The van der Waals surface area contributed by atoms with Gasteiger partial charge in [-0.15, -0.1) is 0 Å². The van der Waals surface area contributed by atoms with E-state index in [-0.39, 0.29) is 12.8 Å². The molecule has 4 nitrogen and oxygen atoms in total. The Labute approximate surface area is 173 Å². The topological polar surface area (TPSA) is 59.4 Å². The lowest BCUT2D eigenvalue weighted by atomic mass is 9.64. The Hall–Kier alpha value is -3.28. The molecule has 1 aliphatic carbocycles. The van der Waals surface area contributed by atoms with Gasteiger partial charge in [-0.25, -0.2) is 8.78 Å². The minimum atomic E-state index is -1.14. The van der Waals surface area contributed by atoms with Crippen LogP contribution in [0, 0.1) is 11.6 Å². The van der Waals surface area contributed by atoms with Gasteiger partial charge in [0.15, 0.2) is 5.60 Å². The number of aromatic nitrogens is 1. The zero-order chi connectivity index (χ0) is 21.2. The summed E-state index contributed by atoms with van der Waals surface area (Å²) in [6.07, 6.45) is 2.43. The summed E-state index contributed by atoms with van der Waals surface area (Å²) in [6.45, 7) is 0. The van der Waals surface area contributed by atoms with E-state index < -0.39 is 28.6 Å². The number of nitrogens with zero attached hydrogens (tertiary/aromatic N) is 1. The Morgan fingerprint density at radius 1 is 0.867 bits per heavy atom. The van der Waals surface area contributed by atoms with Gasteiger partial charge in [-0.2, -0.15) is 0 Å². The third kappa shape index (κ3) is 3.65. The molecule has 3 aromatic rings. The number of halogens is 2. The summed E-state index contributed by atoms with van der Waals surface area (Å²) in [7, 11) is 0. The monoisotopic (exact) mass is 409 g/mol. The second-order valence-corrected chi connectivity index (χ2v) is 7.67. The van der Waals surface area contributed by atoms with E-state index in [2.05, 4.69) is 4.98 Å². The van der Waals surface area contributed by atoms with Gasteiger partial charge in [0.2, 0.25) is 0 Å². The SMILES string of the molecule is O=C(O)[C@]1(c2ccc(F)cc2)CC[C@](Oc2ccccc2)(c2ccc(F)cn2)CC1. The number of hydrogen-bond acceptors (Lipinski definition) is 3. The van der Waals surface area contributed by atoms with Crippen molar-refractivity contribution in [2.24, 2.45) is 0 Å². The molecule has 0 amide bonds. The van der Waals surface area contributed by atoms with Crippen molar-refractivity contribution in [1.82, 2.24) is 4.98 Å². The molecule has 0 aliphatic heterocycles. The number of carbonyl (C=O) groups is 1. The van der Waals surface area contributed by atoms with Gasteiger partial charge in [-0.3, -0.25) is 9.78 Å². The second kappa shape index (κ2) is 7.86. The molecular weight excluding hydrogens is 388 g/mol. The standard InChI is InChI=1S/C24H21F2NO3/c25-18-8-6-17(7-9-18)23(22(28)29)12-14-24(15-13-23,21-11-10-19(26)16-27-21)30-20-4-2-1-3-5-20/h1-11,16H,12-15H2,(H,28,29)/t23-,24-. The number of carboxylic acids is 1. The fraction of sp³-hybridized carbons (Fsp3) is 0.250. The van der Waals surface area contributed by atoms with Crippen molar-refractivity contribution in [2.45, 2.75) is 36.7 Å². The predicted molar refractivity (Wildman–Crippen MR) is 107 cm³/mol. The van der Waals surface area contributed by atoms with Crippen LogP contribution in [0.1, 0.15) is 36.9 Å². The van der Waals surface area contributed by atoms with Crippen molar-refractivity contribution < 1.29 is 23.4 Å². The van der Waals surface area contributed by atoms with Crippen molar-refractivity contribution in [2.75, 3.05) is 0 Å². The minimum Gasteiger partial charge on any atom is -0.481 e. The van der Waals surface area contributed by atoms with Crippen LogP contribution >= 0.6 is 0 Å². The number of hydrogen-bond donors (Lipinski definition) is 1. The number of aliphatic carboxylic acids is 1. The predicted octanol–water partition coefficient (Wildman–Crippen LogP) is 5.23. The number of rotatable bonds is 5. The first-order valence-corrected chi connectivity index (χ1v) is 9.79. The Kier molecular flexibility index (Phi) is 5.24. The maximum Gasteiger partial charge on any atom is 0.314 e. The van der Waals surface area contributed by atoms with Gasteiger partial charge in [0.25, 0.3) is 0 Å². The van der Waals surface area contributed by atoms with Gasteiger partial charge >= 0.3 is 5.97 Å². The quantitative estimate of drug-likeness (QED) is 0.627. The van der Waals surface area contributed by atoms with Crippen LogP contribution in [0.4, 0.5) is 8.78 Å². The Morgan fingerprint density at radius 3 is 2.07 bits per heavy atom. The van der Waals surface area contributed by atoms with Crippen molar-refractivity contribution in [3.05, 3.63) is 95.8 Å². The highest BCUT2D eigenvalue weighted by atomic mass is 19.1. The normalized spacial score (nSPS) is 23.7. The first-order valence-electron chi connectivity index (χ1n) is 9.79. The molecule has 0 bridgehead atoms. The molecule has 1 heterocycles. The van der Waals surface area contributed by atoms with Crippen LogP contribution in [-0.4, -0.2) is 16.1 Å². The van der Waals surface area contributed by atoms with Gasteiger partial charge in [0.1, 0.15) is 17.4 Å². The van der Waals surface area contributed by atoms with E-state index >= 15 is 0 Å². The molecule has 154 valence electrons. The van der Waals surface area contributed by atoms with Gasteiger partial charge in [-0.05, 0) is 67.6 Å². The molecule has 0 unspecified atom stereocenters. The molecule has 1 aromatic heterocycles. The van der Waals surface area contributed by atoms with E-state index in [1.807, 2.05) is 30.3 Å². The summed E-state index contributed by atoms with van der Waals surface area (Å²) in [4.78, 5) is 16.6. The maximum atomic E-state index is 13.5. The number of benzene rings is 2. The largest absolute Gasteiger partial charge is 0.481 e. The highest BCUT2D eigenvalue weighted by Crippen LogP contribution is 2.49. The van der Waals surface area contributed by atoms with E-state index in [1.54, 1.807) is 6.07 Å². The first-order chi connectivity index (χ1) is 14.4. The van der Waals surface area contributed by atoms with Gasteiger partial charge in [0.05, 0.1) is 17.3 Å². The minimum absolute atomic E-state index is 0.278. The summed E-state index contributed by atoms with van der Waals surface area (Å²) in [5, 5.41) is 10.1. The molecule has 1 N–H and O–H groups in total. The molecule has 0 saturated heterocycles. The second-order valence-electron chi connectivity index (χ2n) is 7.67. The molecule has 6 heteroatoms. The third-order valence-corrected chi connectivity index (χ3v) is 5.97. The molecule has 1 aliphatic rings. The number of ether oxygens (including phenoxy) is 1. The Morgan fingerprint density at radius 2 is 1.50 bits per heavy atom. The van der Waals surface area contributed by atoms with Gasteiger partial charge in [-0.1, -0.05) is 30.3 Å². The highest BCUT2D eigenvalue weighted by Gasteiger charge is 2.51. The summed E-state index contributed by atoms with van der Waals surface area (Å²) in [6, 6.07) is 17.8. The van der Waals surface area contributed by atoms with E-state index in [1.165, 1.54) is 30.3 Å². The van der Waals surface area contributed by atoms with Crippen LogP contribution in [-0.2, 0) is 15.8 Å². The van der Waals surface area contributed by atoms with Gasteiger partial charge in [0, 0.05) is 0 Å². The fourth-order valence-corrected chi connectivity index (χ4v) is 4.25. The van der Waals surface area contributed by atoms with E-state index in [9.17, 15) is 18.7 Å². The summed E-state index contributed by atoms with van der Waals surface area (Å²) < 4.78 is 33.2. The van der Waals surface area contributed by atoms with Crippen molar-refractivity contribution >= 4 is 5.97 Å². The molecule has 4 rings (SSSR count). The molecule has 0 atom stereocenters. The van der Waals surface area contributed by atoms with Gasteiger partial charge < -0.3 is 9.84 Å². The summed E-state index contributed by atoms with van der Waals surface area (Å²) >= 11 is 0. The number of carboxylic acid groups (broad SMARTS) is 1. The van der Waals surface area contributed by atoms with Crippen LogP contribution in [0.25, 0.3) is 0 Å². The number of pyridine rings is 1. The van der Waals surface area contributed by atoms with Crippen molar-refractivity contribution in [3.8, 4) is 5.75 Å². The molecule has 0 radical (unpaired) electrons. The van der Waals surface area contributed by atoms with E-state index in [0.29, 0.717) is 29.8 Å². The molecule has 1 fully saturated rings. The zero-order valence-corrected chi connectivity index (χ0v) is 16.2. The lowest BCUT2D eigenvalue weighted by Crippen LogP contribution is -2.47. The Bertz CT molecular complexity index is 1010. The van der Waals surface area contributed by atoms with E-state index in [0.717, 1.165) is 6.20 Å². The average Bonchev–Trinajstić information content (AvgIpc) is 2.76. The van der Waals surface area contributed by atoms with Crippen LogP contribution in [0.5, 0.6) is 5.75 Å². The molecular formula is C24H21F2NO3. The van der Waals surface area contributed by atoms with Crippen LogP contribution in [0.15, 0.2) is 72.9 Å². The Balaban J connectivity index is 1.70. The molecule has 30 heavy (non-hydrogen) atoms. The zero-order valence-electron chi connectivity index (χ0n) is 16.2. The smallest absolute Gasteiger partial charge is 0.314 e. The third-order valence-electron chi connectivity index (χ3n) is 5.97. The average molecular weight is 409 g/mol. The van der Waals surface area contributed by atoms with Crippen LogP contribution in [0.2, 0.25) is 0 Å². The van der Waals surface area contributed by atoms with Crippen LogP contribution in [0.3, 0.4) is 0 Å². The number of para-hydroxylation sites is 1. The fourth-order valence-electron chi connectivity index (χ4n) is 4.25. The lowest BCUT2D eigenvalue weighted by molar-refractivity contribution is -0.147. The summed E-state index contributed by atoms with van der Waals surface area (Å²) in [5.41, 5.74) is -0.895. The molecule has 0 spiro atoms. The maximum absolute atomic E-state index is 13.5. The van der Waals surface area contributed by atoms with Crippen molar-refractivity contribution in [1.29, 1.82) is 0 Å². The van der Waals surface area contributed by atoms with E-state index in [4.69, 9.17) is 4.74 Å². The molecule has 2 aromatic carbocycles. The van der Waals surface area contributed by atoms with Crippen LogP contribution < -0.4 is 4.74 Å². The summed E-state index contributed by atoms with van der Waals surface area (Å²) in [5.74, 6) is -1.18. The van der Waals surface area contributed by atoms with Crippen molar-refractivity contribution in [3.63, 3.8) is 0 Å². The highest BCUT2D eigenvalue weighted by molar-refractivity contribution is 5.81.